The number of halogens is 1. The molecule has 20 heavy (non-hydrogen) atoms. The number of carboxylic acid groups (broad SMARTS) is 1. The third kappa shape index (κ3) is 5.02. The molecule has 1 rings (SSSR count). The van der Waals surface area contributed by atoms with Gasteiger partial charge in [0.25, 0.3) is 5.91 Å². The van der Waals surface area contributed by atoms with Gasteiger partial charge in [0, 0.05) is 13.0 Å². The van der Waals surface area contributed by atoms with Gasteiger partial charge in [0.15, 0.2) is 10.4 Å². The fourth-order valence-electron chi connectivity index (χ4n) is 1.32. The van der Waals surface area contributed by atoms with E-state index in [-0.39, 0.29) is 18.8 Å². The lowest BCUT2D eigenvalue weighted by Crippen LogP contribution is -2.45. The Morgan fingerprint density at radius 1 is 1.35 bits per heavy atom. The third-order valence-electron chi connectivity index (χ3n) is 2.26. The van der Waals surface area contributed by atoms with Gasteiger partial charge in [-0.25, -0.2) is 4.79 Å². The summed E-state index contributed by atoms with van der Waals surface area (Å²) in [6.07, 6.45) is -0.111. The molecule has 0 aliphatic rings. The highest BCUT2D eigenvalue weighted by Gasteiger charge is 2.19. The summed E-state index contributed by atoms with van der Waals surface area (Å²) in [6, 6.07) is 1.75. The van der Waals surface area contributed by atoms with Crippen LogP contribution in [0, 0.1) is 0 Å². The molecule has 2 amide bonds. The maximum Gasteiger partial charge on any atom is 0.326 e. The number of furan rings is 1. The molecule has 0 aliphatic carbocycles. The zero-order valence-corrected chi connectivity index (χ0v) is 11.8. The van der Waals surface area contributed by atoms with Crippen molar-refractivity contribution in [1.82, 2.24) is 10.6 Å². The molecule has 0 radical (unpaired) electrons. The Morgan fingerprint density at radius 2 is 2.05 bits per heavy atom. The number of amides is 2. The predicted octanol–water partition coefficient (Wildman–Crippen LogP) is -0.276. The quantitative estimate of drug-likeness (QED) is 0.536. The van der Waals surface area contributed by atoms with E-state index < -0.39 is 30.4 Å². The van der Waals surface area contributed by atoms with E-state index in [1.165, 1.54) is 12.1 Å². The first-order valence-electron chi connectivity index (χ1n) is 5.60. The normalized spacial score (nSPS) is 11.7. The Balaban J connectivity index is 2.42. The van der Waals surface area contributed by atoms with Crippen LogP contribution in [0.5, 0.6) is 0 Å². The van der Waals surface area contributed by atoms with Gasteiger partial charge in [-0.2, -0.15) is 0 Å². The van der Waals surface area contributed by atoms with Crippen LogP contribution in [0.4, 0.5) is 0 Å². The van der Waals surface area contributed by atoms with Gasteiger partial charge in [-0.1, -0.05) is 0 Å². The Labute approximate surface area is 122 Å². The van der Waals surface area contributed by atoms with Crippen molar-refractivity contribution < 1.29 is 29.0 Å². The number of nitrogens with one attached hydrogen (secondary N) is 2. The summed E-state index contributed by atoms with van der Waals surface area (Å²) in [5.41, 5.74) is 0. The van der Waals surface area contributed by atoms with Gasteiger partial charge in [-0.15, -0.1) is 0 Å². The number of aliphatic carboxylic acids is 1. The molecule has 1 aromatic heterocycles. The van der Waals surface area contributed by atoms with Crippen LogP contribution in [0.3, 0.4) is 0 Å². The number of hydrogen-bond acceptors (Lipinski definition) is 5. The van der Waals surface area contributed by atoms with Crippen molar-refractivity contribution in [1.29, 1.82) is 0 Å². The van der Waals surface area contributed by atoms with Gasteiger partial charge in [0.1, 0.15) is 6.04 Å². The second-order valence-corrected chi connectivity index (χ2v) is 4.54. The van der Waals surface area contributed by atoms with E-state index in [9.17, 15) is 14.4 Å². The van der Waals surface area contributed by atoms with Crippen LogP contribution in [0.1, 0.15) is 17.0 Å². The molecule has 9 heteroatoms. The lowest BCUT2D eigenvalue weighted by molar-refractivity contribution is -0.142. The Hall–Kier alpha value is -1.87. The summed E-state index contributed by atoms with van der Waals surface area (Å²) in [5, 5.41) is 21.9. The van der Waals surface area contributed by atoms with E-state index in [2.05, 4.69) is 26.6 Å². The fourth-order valence-corrected chi connectivity index (χ4v) is 1.62. The minimum absolute atomic E-state index is 0.0230. The first kappa shape index (κ1) is 16.2. The largest absolute Gasteiger partial charge is 0.480 e. The number of carbonyl (C=O) groups excluding carboxylic acids is 2. The molecule has 0 aromatic carbocycles. The van der Waals surface area contributed by atoms with E-state index in [0.717, 1.165) is 0 Å². The SMILES string of the molecule is O=C(CNC(=O)c1ccc(Br)o1)N[C@H](CCO)C(=O)O. The summed E-state index contributed by atoms with van der Waals surface area (Å²) < 4.78 is 5.36. The van der Waals surface area contributed by atoms with Gasteiger partial charge >= 0.3 is 5.97 Å². The lowest BCUT2D eigenvalue weighted by Gasteiger charge is -2.13. The molecule has 0 saturated carbocycles. The molecule has 1 atom stereocenters. The first-order valence-corrected chi connectivity index (χ1v) is 6.40. The lowest BCUT2D eigenvalue weighted by atomic mass is 10.2. The van der Waals surface area contributed by atoms with Crippen molar-refractivity contribution in [3.63, 3.8) is 0 Å². The zero-order valence-electron chi connectivity index (χ0n) is 10.3. The summed E-state index contributed by atoms with van der Waals surface area (Å²) in [5.74, 6) is -2.51. The number of aliphatic hydroxyl groups is 1. The molecular weight excluding hydrogens is 336 g/mol. The number of hydrogen-bond donors (Lipinski definition) is 4. The molecule has 1 aromatic rings. The second kappa shape index (κ2) is 7.65. The topological polar surface area (TPSA) is 129 Å². The molecular formula is C11H13BrN2O6. The molecule has 0 aliphatic heterocycles. The molecule has 110 valence electrons. The average molecular weight is 349 g/mol. The van der Waals surface area contributed by atoms with Crippen molar-refractivity contribution >= 4 is 33.7 Å². The molecule has 0 unspecified atom stereocenters. The highest BCUT2D eigenvalue weighted by molar-refractivity contribution is 9.10. The van der Waals surface area contributed by atoms with Gasteiger partial charge in [0.05, 0.1) is 6.54 Å². The Morgan fingerprint density at radius 3 is 2.55 bits per heavy atom. The van der Waals surface area contributed by atoms with Crippen LogP contribution in [0.25, 0.3) is 0 Å². The average Bonchev–Trinajstić information content (AvgIpc) is 2.82. The maximum absolute atomic E-state index is 11.5. The zero-order chi connectivity index (χ0) is 15.1. The number of carbonyl (C=O) groups is 3. The minimum Gasteiger partial charge on any atom is -0.480 e. The molecule has 0 saturated heterocycles. The van der Waals surface area contributed by atoms with Crippen LogP contribution < -0.4 is 10.6 Å². The third-order valence-corrected chi connectivity index (χ3v) is 2.68. The van der Waals surface area contributed by atoms with Crippen LogP contribution in [-0.2, 0) is 9.59 Å². The molecule has 0 spiro atoms. The number of carboxylic acids is 1. The highest BCUT2D eigenvalue weighted by Crippen LogP contribution is 2.13. The van der Waals surface area contributed by atoms with Crippen molar-refractivity contribution in [3.8, 4) is 0 Å². The summed E-state index contributed by atoms with van der Waals surface area (Å²) in [6.45, 7) is -0.767. The van der Waals surface area contributed by atoms with Gasteiger partial charge in [-0.05, 0) is 28.1 Å². The highest BCUT2D eigenvalue weighted by atomic mass is 79.9. The summed E-state index contributed by atoms with van der Waals surface area (Å²) >= 11 is 3.03. The predicted molar refractivity (Wildman–Crippen MR) is 70.0 cm³/mol. The monoisotopic (exact) mass is 348 g/mol. The standard InChI is InChI=1S/C11H13BrN2O6/c12-8-2-1-7(20-8)10(17)13-5-9(16)14-6(3-4-15)11(18)19/h1-2,6,15H,3-5H2,(H,13,17)(H,14,16)(H,18,19)/t6-/m1/s1. The second-order valence-electron chi connectivity index (χ2n) is 3.76. The first-order chi connectivity index (χ1) is 9.43. The van der Waals surface area contributed by atoms with Crippen LogP contribution >= 0.6 is 15.9 Å². The number of rotatable bonds is 7. The van der Waals surface area contributed by atoms with E-state index in [1.807, 2.05) is 0 Å². The van der Waals surface area contributed by atoms with Crippen LogP contribution in [-0.4, -0.2) is 47.2 Å². The Kier molecular flexibility index (Phi) is 6.19. The van der Waals surface area contributed by atoms with E-state index in [1.54, 1.807) is 0 Å². The molecule has 1 heterocycles. The minimum atomic E-state index is -1.26. The van der Waals surface area contributed by atoms with E-state index >= 15 is 0 Å². The maximum atomic E-state index is 11.5. The van der Waals surface area contributed by atoms with Gasteiger partial charge in [0.2, 0.25) is 5.91 Å². The number of aliphatic hydroxyl groups excluding tert-OH is 1. The molecule has 0 fully saturated rings. The van der Waals surface area contributed by atoms with E-state index in [4.69, 9.17) is 14.6 Å². The van der Waals surface area contributed by atoms with Crippen LogP contribution in [0.15, 0.2) is 21.2 Å². The molecule has 4 N–H and O–H groups in total. The fraction of sp³-hybridized carbons (Fsp3) is 0.364. The van der Waals surface area contributed by atoms with Crippen LogP contribution in [0.2, 0.25) is 0 Å². The molecule has 0 bridgehead atoms. The Bertz CT molecular complexity index is 501. The summed E-state index contributed by atoms with van der Waals surface area (Å²) in [7, 11) is 0. The van der Waals surface area contributed by atoms with Crippen molar-refractivity contribution in [2.24, 2.45) is 0 Å². The van der Waals surface area contributed by atoms with Crippen molar-refractivity contribution in [2.75, 3.05) is 13.2 Å². The van der Waals surface area contributed by atoms with Crippen molar-refractivity contribution in [2.45, 2.75) is 12.5 Å². The van der Waals surface area contributed by atoms with Gasteiger partial charge < -0.3 is 25.3 Å². The van der Waals surface area contributed by atoms with Gasteiger partial charge in [-0.3, -0.25) is 9.59 Å². The molecule has 8 nitrogen and oxygen atoms in total. The van der Waals surface area contributed by atoms with E-state index in [0.29, 0.717) is 4.67 Å². The summed E-state index contributed by atoms with van der Waals surface area (Å²) in [4.78, 5) is 33.8. The van der Waals surface area contributed by atoms with Crippen molar-refractivity contribution in [3.05, 3.63) is 22.6 Å². The smallest absolute Gasteiger partial charge is 0.326 e.